The predicted molar refractivity (Wildman–Crippen MR) is 61.4 cm³/mol. The first kappa shape index (κ1) is 10.8. The molecule has 0 saturated heterocycles. The molecule has 0 N–H and O–H groups in total. The maximum Gasteiger partial charge on any atom is 0.182 e. The van der Waals surface area contributed by atoms with Gasteiger partial charge >= 0.3 is 0 Å². The van der Waals surface area contributed by atoms with Crippen LogP contribution in [-0.4, -0.2) is 27.3 Å². The first-order chi connectivity index (χ1) is 6.92. The highest BCUT2D eigenvalue weighted by atomic mass is 35.5. The maximum atomic E-state index is 11.9. The van der Waals surface area contributed by atoms with Gasteiger partial charge in [0.2, 0.25) is 0 Å². The van der Waals surface area contributed by atoms with Gasteiger partial charge < -0.3 is 4.90 Å². The van der Waals surface area contributed by atoms with Gasteiger partial charge in [-0.2, -0.15) is 0 Å². The van der Waals surface area contributed by atoms with E-state index in [-0.39, 0.29) is 11.8 Å². The molecule has 5 heteroatoms. The highest BCUT2D eigenvalue weighted by Gasteiger charge is 2.31. The second-order valence-corrected chi connectivity index (χ2v) is 6.29. The minimum absolute atomic E-state index is 0.00340. The molecule has 1 aliphatic rings. The van der Waals surface area contributed by atoms with Crippen LogP contribution in [0.5, 0.6) is 0 Å². The van der Waals surface area contributed by atoms with E-state index in [1.807, 2.05) is 18.9 Å². The maximum absolute atomic E-state index is 11.9. The zero-order valence-corrected chi connectivity index (χ0v) is 10.1. The number of nitrogens with zero attached hydrogens (tertiary/aromatic N) is 1. The van der Waals surface area contributed by atoms with E-state index in [1.165, 1.54) is 6.07 Å². The van der Waals surface area contributed by atoms with Crippen LogP contribution in [-0.2, 0) is 9.84 Å². The number of hydrogen-bond acceptors (Lipinski definition) is 3. The molecular weight excluding hydrogens is 234 g/mol. The molecule has 1 heterocycles. The molecule has 1 aliphatic heterocycles. The molecule has 0 amide bonds. The average molecular weight is 246 g/mol. The Morgan fingerprint density at radius 3 is 2.80 bits per heavy atom. The number of fused-ring (bicyclic) bond motifs is 1. The summed E-state index contributed by atoms with van der Waals surface area (Å²) in [7, 11) is -1.28. The average Bonchev–Trinajstić information content (AvgIpc) is 2.14. The number of halogens is 1. The molecule has 1 aromatic rings. The smallest absolute Gasteiger partial charge is 0.182 e. The Kier molecular flexibility index (Phi) is 2.43. The molecular formula is C10H12ClNO2S. The van der Waals surface area contributed by atoms with E-state index in [9.17, 15) is 8.42 Å². The van der Waals surface area contributed by atoms with Crippen LogP contribution in [0.3, 0.4) is 0 Å². The van der Waals surface area contributed by atoms with Crippen molar-refractivity contribution in [1.29, 1.82) is 0 Å². The van der Waals surface area contributed by atoms with Crippen LogP contribution in [0.15, 0.2) is 23.1 Å². The van der Waals surface area contributed by atoms with E-state index in [0.29, 0.717) is 9.92 Å². The molecule has 0 saturated carbocycles. The summed E-state index contributed by atoms with van der Waals surface area (Å²) in [5.41, 5.74) is 0.734. The van der Waals surface area contributed by atoms with Crippen molar-refractivity contribution in [3.05, 3.63) is 23.2 Å². The molecule has 2 rings (SSSR count). The fraction of sp³-hybridized carbons (Fsp3) is 0.400. The fourth-order valence-corrected chi connectivity index (χ4v) is 3.90. The number of benzene rings is 1. The van der Waals surface area contributed by atoms with Gasteiger partial charge in [0.25, 0.3) is 0 Å². The number of rotatable bonds is 0. The summed E-state index contributed by atoms with van der Waals surface area (Å²) >= 11 is 5.81. The van der Waals surface area contributed by atoms with E-state index in [4.69, 9.17) is 11.6 Å². The lowest BCUT2D eigenvalue weighted by Gasteiger charge is -2.33. The Labute approximate surface area is 94.6 Å². The van der Waals surface area contributed by atoms with Gasteiger partial charge in [-0.1, -0.05) is 11.6 Å². The van der Waals surface area contributed by atoms with E-state index >= 15 is 0 Å². The monoisotopic (exact) mass is 245 g/mol. The fourth-order valence-electron chi connectivity index (χ4n) is 1.79. The minimum Gasteiger partial charge on any atom is -0.370 e. The summed E-state index contributed by atoms with van der Waals surface area (Å²) in [4.78, 5) is 2.31. The van der Waals surface area contributed by atoms with Crippen LogP contribution < -0.4 is 4.90 Å². The van der Waals surface area contributed by atoms with Crippen LogP contribution in [0, 0.1) is 0 Å². The van der Waals surface area contributed by atoms with Crippen molar-refractivity contribution >= 4 is 27.1 Å². The normalized spacial score (nSPS) is 23.7. The summed E-state index contributed by atoms with van der Waals surface area (Å²) < 4.78 is 23.8. The van der Waals surface area contributed by atoms with Gasteiger partial charge in [0, 0.05) is 18.1 Å². The molecule has 0 spiro atoms. The van der Waals surface area contributed by atoms with Crippen LogP contribution in [0.2, 0.25) is 5.02 Å². The van der Waals surface area contributed by atoms with Crippen molar-refractivity contribution in [3.63, 3.8) is 0 Å². The van der Waals surface area contributed by atoms with Gasteiger partial charge in [-0.3, -0.25) is 0 Å². The third-order valence-electron chi connectivity index (χ3n) is 2.76. The molecule has 0 radical (unpaired) electrons. The van der Waals surface area contributed by atoms with Crippen molar-refractivity contribution in [1.82, 2.24) is 0 Å². The van der Waals surface area contributed by atoms with Crippen LogP contribution in [0.25, 0.3) is 0 Å². The molecule has 3 nitrogen and oxygen atoms in total. The quantitative estimate of drug-likeness (QED) is 0.701. The molecule has 0 bridgehead atoms. The van der Waals surface area contributed by atoms with Crippen LogP contribution in [0.1, 0.15) is 6.92 Å². The molecule has 0 fully saturated rings. The SMILES string of the molecule is CC1CS(=O)(=O)c2cc(Cl)ccc2N1C. The van der Waals surface area contributed by atoms with Crippen LogP contribution >= 0.6 is 11.6 Å². The molecule has 0 aliphatic carbocycles. The Bertz CT molecular complexity index is 498. The number of anilines is 1. The Morgan fingerprint density at radius 1 is 1.47 bits per heavy atom. The Hall–Kier alpha value is -0.740. The standard InChI is InChI=1S/C10H12ClNO2S/c1-7-6-15(13,14)10-5-8(11)3-4-9(10)12(7)2/h3-5,7H,6H2,1-2H3. The van der Waals surface area contributed by atoms with Crippen molar-refractivity contribution in [3.8, 4) is 0 Å². The van der Waals surface area contributed by atoms with E-state index in [1.54, 1.807) is 12.1 Å². The lowest BCUT2D eigenvalue weighted by molar-refractivity contribution is 0.579. The van der Waals surface area contributed by atoms with Gasteiger partial charge in [0.1, 0.15) is 0 Å². The second-order valence-electron chi connectivity index (χ2n) is 3.85. The molecule has 15 heavy (non-hydrogen) atoms. The topological polar surface area (TPSA) is 37.4 Å². The third kappa shape index (κ3) is 1.72. The Balaban J connectivity index is 2.70. The molecule has 82 valence electrons. The third-order valence-corrected chi connectivity index (χ3v) is 4.91. The van der Waals surface area contributed by atoms with Gasteiger partial charge in [0.05, 0.1) is 16.3 Å². The highest BCUT2D eigenvalue weighted by Crippen LogP contribution is 2.34. The second kappa shape index (κ2) is 3.39. The number of hydrogen-bond donors (Lipinski definition) is 0. The van der Waals surface area contributed by atoms with Gasteiger partial charge in [-0.25, -0.2) is 8.42 Å². The van der Waals surface area contributed by atoms with Crippen LogP contribution in [0.4, 0.5) is 5.69 Å². The van der Waals surface area contributed by atoms with Crippen molar-refractivity contribution in [2.45, 2.75) is 17.9 Å². The predicted octanol–water partition coefficient (Wildman–Crippen LogP) is 1.95. The van der Waals surface area contributed by atoms with E-state index in [0.717, 1.165) is 5.69 Å². The molecule has 1 atom stereocenters. The lowest BCUT2D eigenvalue weighted by atomic mass is 10.2. The first-order valence-electron chi connectivity index (χ1n) is 4.67. The number of sulfone groups is 1. The Morgan fingerprint density at radius 2 is 2.13 bits per heavy atom. The van der Waals surface area contributed by atoms with E-state index < -0.39 is 9.84 Å². The first-order valence-corrected chi connectivity index (χ1v) is 6.70. The van der Waals surface area contributed by atoms with E-state index in [2.05, 4.69) is 0 Å². The molecule has 1 aromatic carbocycles. The van der Waals surface area contributed by atoms with Gasteiger partial charge in [-0.05, 0) is 25.1 Å². The zero-order valence-electron chi connectivity index (χ0n) is 8.57. The summed E-state index contributed by atoms with van der Waals surface area (Å²) in [6.07, 6.45) is 0. The van der Waals surface area contributed by atoms with Gasteiger partial charge in [-0.15, -0.1) is 0 Å². The molecule has 1 unspecified atom stereocenters. The summed E-state index contributed by atoms with van der Waals surface area (Å²) in [6, 6.07) is 4.99. The minimum atomic E-state index is -3.17. The van der Waals surface area contributed by atoms with Gasteiger partial charge in [0.15, 0.2) is 9.84 Å². The zero-order chi connectivity index (χ0) is 11.2. The molecule has 0 aromatic heterocycles. The van der Waals surface area contributed by atoms with Crippen molar-refractivity contribution in [2.24, 2.45) is 0 Å². The highest BCUT2D eigenvalue weighted by molar-refractivity contribution is 7.91. The van der Waals surface area contributed by atoms with Crippen molar-refractivity contribution < 1.29 is 8.42 Å². The lowest BCUT2D eigenvalue weighted by Crippen LogP contribution is -2.40. The summed E-state index contributed by atoms with van der Waals surface area (Å²) in [5, 5.41) is 0.459. The largest absolute Gasteiger partial charge is 0.370 e. The van der Waals surface area contributed by atoms with Crippen molar-refractivity contribution in [2.75, 3.05) is 17.7 Å². The summed E-state index contributed by atoms with van der Waals surface area (Å²) in [5.74, 6) is 0.150. The summed E-state index contributed by atoms with van der Waals surface area (Å²) in [6.45, 7) is 1.90.